The van der Waals surface area contributed by atoms with E-state index >= 15 is 0 Å². The lowest BCUT2D eigenvalue weighted by Crippen LogP contribution is -2.28. The SMILES string of the molecule is CCCNCCCCN1C=NS(=O)(=O)c2ccccc21. The number of hydrogen-bond acceptors (Lipinski definition) is 4. The van der Waals surface area contributed by atoms with E-state index in [4.69, 9.17) is 0 Å². The number of benzene rings is 1. The summed E-state index contributed by atoms with van der Waals surface area (Å²) in [4.78, 5) is 2.21. The summed E-state index contributed by atoms with van der Waals surface area (Å²) in [5.74, 6) is 0. The van der Waals surface area contributed by atoms with Gasteiger partial charge in [-0.25, -0.2) is 0 Å². The van der Waals surface area contributed by atoms with Gasteiger partial charge in [0.15, 0.2) is 0 Å². The molecule has 0 radical (unpaired) electrons. The first-order valence-electron chi connectivity index (χ1n) is 7.02. The highest BCUT2D eigenvalue weighted by molar-refractivity contribution is 7.90. The lowest BCUT2D eigenvalue weighted by molar-refractivity contribution is 0.595. The summed E-state index contributed by atoms with van der Waals surface area (Å²) in [5, 5.41) is 3.36. The van der Waals surface area contributed by atoms with E-state index in [1.54, 1.807) is 12.1 Å². The maximum Gasteiger partial charge on any atom is 0.285 e. The monoisotopic (exact) mass is 295 g/mol. The Kier molecular flexibility index (Phi) is 5.14. The molecule has 6 heteroatoms. The third-order valence-corrected chi connectivity index (χ3v) is 4.48. The van der Waals surface area contributed by atoms with Gasteiger partial charge < -0.3 is 10.2 Å². The minimum Gasteiger partial charge on any atom is -0.331 e. The van der Waals surface area contributed by atoms with Gasteiger partial charge in [-0.3, -0.25) is 0 Å². The van der Waals surface area contributed by atoms with Crippen molar-refractivity contribution >= 4 is 22.0 Å². The highest BCUT2D eigenvalue weighted by atomic mass is 32.2. The number of fused-ring (bicyclic) bond motifs is 1. The Labute approximate surface area is 120 Å². The van der Waals surface area contributed by atoms with E-state index in [0.717, 1.165) is 44.6 Å². The van der Waals surface area contributed by atoms with Crippen LogP contribution >= 0.6 is 0 Å². The minimum atomic E-state index is -3.50. The lowest BCUT2D eigenvalue weighted by Gasteiger charge is -2.24. The van der Waals surface area contributed by atoms with Crippen molar-refractivity contribution in [2.75, 3.05) is 24.5 Å². The largest absolute Gasteiger partial charge is 0.331 e. The van der Waals surface area contributed by atoms with Gasteiger partial charge in [-0.2, -0.15) is 8.42 Å². The smallest absolute Gasteiger partial charge is 0.285 e. The number of anilines is 1. The Morgan fingerprint density at radius 1 is 1.20 bits per heavy atom. The number of rotatable bonds is 7. The van der Waals surface area contributed by atoms with Gasteiger partial charge in [-0.1, -0.05) is 19.1 Å². The van der Waals surface area contributed by atoms with Crippen LogP contribution in [0.4, 0.5) is 5.69 Å². The molecule has 0 aromatic heterocycles. The van der Waals surface area contributed by atoms with Crippen LogP contribution in [-0.2, 0) is 10.0 Å². The molecule has 0 aliphatic carbocycles. The van der Waals surface area contributed by atoms with Gasteiger partial charge in [0.25, 0.3) is 10.0 Å². The molecule has 5 nitrogen and oxygen atoms in total. The second-order valence-electron chi connectivity index (χ2n) is 4.81. The predicted molar refractivity (Wildman–Crippen MR) is 81.9 cm³/mol. The molecular weight excluding hydrogens is 274 g/mol. The van der Waals surface area contributed by atoms with Gasteiger partial charge >= 0.3 is 0 Å². The molecule has 0 atom stereocenters. The molecule has 1 aromatic carbocycles. The third-order valence-electron chi connectivity index (χ3n) is 3.21. The van der Waals surface area contributed by atoms with E-state index in [2.05, 4.69) is 16.6 Å². The first-order chi connectivity index (χ1) is 9.65. The normalized spacial score (nSPS) is 16.1. The van der Waals surface area contributed by atoms with Crippen molar-refractivity contribution in [1.82, 2.24) is 5.32 Å². The molecule has 0 unspecified atom stereocenters. The molecule has 110 valence electrons. The average Bonchev–Trinajstić information content (AvgIpc) is 2.45. The van der Waals surface area contributed by atoms with Crippen LogP contribution in [0.1, 0.15) is 26.2 Å². The summed E-state index contributed by atoms with van der Waals surface area (Å²) in [6.45, 7) is 4.98. The fourth-order valence-corrected chi connectivity index (χ4v) is 3.21. The van der Waals surface area contributed by atoms with E-state index in [-0.39, 0.29) is 0 Å². The minimum absolute atomic E-state index is 0.298. The van der Waals surface area contributed by atoms with Crippen molar-refractivity contribution in [2.24, 2.45) is 4.40 Å². The zero-order chi connectivity index (χ0) is 14.4. The Morgan fingerprint density at radius 2 is 2.00 bits per heavy atom. The molecule has 0 saturated carbocycles. The van der Waals surface area contributed by atoms with Crippen molar-refractivity contribution in [2.45, 2.75) is 31.1 Å². The van der Waals surface area contributed by atoms with Crippen LogP contribution in [0.3, 0.4) is 0 Å². The molecule has 20 heavy (non-hydrogen) atoms. The van der Waals surface area contributed by atoms with Gasteiger partial charge in [0, 0.05) is 6.54 Å². The molecular formula is C14H21N3O2S. The van der Waals surface area contributed by atoms with Crippen LogP contribution in [0, 0.1) is 0 Å². The Bertz CT molecular complexity index is 570. The molecule has 2 rings (SSSR count). The van der Waals surface area contributed by atoms with E-state index in [0.29, 0.717) is 4.90 Å². The first kappa shape index (κ1) is 15.0. The van der Waals surface area contributed by atoms with Gasteiger partial charge in [-0.05, 0) is 44.5 Å². The molecule has 0 saturated heterocycles. The fourth-order valence-electron chi connectivity index (χ4n) is 2.16. The quantitative estimate of drug-likeness (QED) is 0.782. The molecule has 1 aliphatic rings. The highest BCUT2D eigenvalue weighted by Crippen LogP contribution is 2.29. The van der Waals surface area contributed by atoms with E-state index in [1.807, 2.05) is 17.0 Å². The van der Waals surface area contributed by atoms with Crippen LogP contribution in [0.25, 0.3) is 0 Å². The van der Waals surface area contributed by atoms with Crippen LogP contribution in [0.5, 0.6) is 0 Å². The van der Waals surface area contributed by atoms with Crippen molar-refractivity contribution in [3.05, 3.63) is 24.3 Å². The highest BCUT2D eigenvalue weighted by Gasteiger charge is 2.24. The Hall–Kier alpha value is -1.40. The Balaban J connectivity index is 1.94. The zero-order valence-corrected chi connectivity index (χ0v) is 12.6. The Morgan fingerprint density at radius 3 is 2.80 bits per heavy atom. The van der Waals surface area contributed by atoms with Gasteiger partial charge in [-0.15, -0.1) is 4.40 Å². The third kappa shape index (κ3) is 3.58. The van der Waals surface area contributed by atoms with Crippen molar-refractivity contribution < 1.29 is 8.42 Å². The fraction of sp³-hybridized carbons (Fsp3) is 0.500. The van der Waals surface area contributed by atoms with Crippen LogP contribution < -0.4 is 10.2 Å². The molecule has 1 heterocycles. The zero-order valence-electron chi connectivity index (χ0n) is 11.7. The summed E-state index contributed by atoms with van der Waals surface area (Å²) in [7, 11) is -3.50. The maximum atomic E-state index is 11.8. The van der Waals surface area contributed by atoms with Crippen LogP contribution in [-0.4, -0.2) is 34.4 Å². The summed E-state index contributed by atoms with van der Waals surface area (Å²) in [6.07, 6.45) is 4.64. The second-order valence-corrected chi connectivity index (χ2v) is 6.41. The van der Waals surface area contributed by atoms with Crippen molar-refractivity contribution in [3.8, 4) is 0 Å². The predicted octanol–water partition coefficient (Wildman–Crippen LogP) is 2.00. The molecule has 1 N–H and O–H groups in total. The molecule has 0 fully saturated rings. The first-order valence-corrected chi connectivity index (χ1v) is 8.46. The number of unbranched alkanes of at least 4 members (excludes halogenated alkanes) is 1. The molecule has 0 spiro atoms. The molecule has 1 aliphatic heterocycles. The standard InChI is InChI=1S/C14H21N3O2S/c1-2-9-15-10-5-6-11-17-12-16-20(18,19)14-8-4-3-7-13(14)17/h3-4,7-8,12,15H,2,5-6,9-11H2,1H3. The average molecular weight is 295 g/mol. The van der Waals surface area contributed by atoms with E-state index in [1.165, 1.54) is 6.34 Å². The summed E-state index contributed by atoms with van der Waals surface area (Å²) < 4.78 is 27.3. The molecule has 0 amide bonds. The number of sulfonamides is 1. The number of nitrogens with one attached hydrogen (secondary N) is 1. The topological polar surface area (TPSA) is 61.8 Å². The summed E-state index contributed by atoms with van der Waals surface area (Å²) >= 11 is 0. The van der Waals surface area contributed by atoms with E-state index in [9.17, 15) is 8.42 Å². The maximum absolute atomic E-state index is 11.8. The van der Waals surface area contributed by atoms with Crippen LogP contribution in [0.15, 0.2) is 33.6 Å². The van der Waals surface area contributed by atoms with Crippen LogP contribution in [0.2, 0.25) is 0 Å². The van der Waals surface area contributed by atoms with Gasteiger partial charge in [0.2, 0.25) is 0 Å². The lowest BCUT2D eigenvalue weighted by atomic mass is 10.2. The number of nitrogens with zero attached hydrogens (tertiary/aromatic N) is 2. The number of hydrogen-bond donors (Lipinski definition) is 1. The molecule has 1 aromatic rings. The molecule has 0 bridgehead atoms. The second kappa shape index (κ2) is 6.85. The summed E-state index contributed by atoms with van der Waals surface area (Å²) in [6, 6.07) is 7.01. The van der Waals surface area contributed by atoms with Gasteiger partial charge in [0.05, 0.1) is 5.69 Å². The van der Waals surface area contributed by atoms with Crippen molar-refractivity contribution in [3.63, 3.8) is 0 Å². The number of para-hydroxylation sites is 1. The van der Waals surface area contributed by atoms with Crippen molar-refractivity contribution in [1.29, 1.82) is 0 Å². The van der Waals surface area contributed by atoms with E-state index < -0.39 is 10.0 Å². The summed E-state index contributed by atoms with van der Waals surface area (Å²) in [5.41, 5.74) is 0.726. The van der Waals surface area contributed by atoms with Gasteiger partial charge in [0.1, 0.15) is 11.2 Å².